The van der Waals surface area contributed by atoms with Crippen LogP contribution >= 0.6 is 0 Å². The molecule has 1 rings (SSSR count). The van der Waals surface area contributed by atoms with E-state index >= 15 is 0 Å². The minimum Gasteiger partial charge on any atom is -0.466 e. The smallest absolute Gasteiger partial charge is 0.330 e. The van der Waals surface area contributed by atoms with Crippen molar-refractivity contribution in [2.45, 2.75) is 47.5 Å². The average Bonchev–Trinajstić information content (AvgIpc) is 2.59. The van der Waals surface area contributed by atoms with Gasteiger partial charge in [-0.2, -0.15) is 0 Å². The van der Waals surface area contributed by atoms with Crippen LogP contribution in [0.2, 0.25) is 0 Å². The highest BCUT2D eigenvalue weighted by Crippen LogP contribution is 2.43. The number of carbonyl (C=O) groups excluding carboxylic acids is 2. The molecule has 0 fully saturated rings. The number of ketones is 1. The molecule has 0 saturated carbocycles. The van der Waals surface area contributed by atoms with Crippen molar-refractivity contribution in [3.8, 4) is 12.3 Å². The maximum absolute atomic E-state index is 12.6. The minimum absolute atomic E-state index is 0.0775. The second-order valence-electron chi connectivity index (χ2n) is 7.61. The van der Waals surface area contributed by atoms with E-state index in [0.29, 0.717) is 6.42 Å². The first-order valence-corrected chi connectivity index (χ1v) is 9.10. The first kappa shape index (κ1) is 22.4. The lowest BCUT2D eigenvalue weighted by molar-refractivity contribution is -0.134. The summed E-state index contributed by atoms with van der Waals surface area (Å²) in [4.78, 5) is 23.7. The van der Waals surface area contributed by atoms with Gasteiger partial charge in [0.05, 0.1) is 7.11 Å². The van der Waals surface area contributed by atoms with Gasteiger partial charge < -0.3 is 4.74 Å². The van der Waals surface area contributed by atoms with Crippen LogP contribution in [0.25, 0.3) is 0 Å². The molecule has 0 heterocycles. The van der Waals surface area contributed by atoms with E-state index in [1.807, 2.05) is 51.2 Å². The third-order valence-electron chi connectivity index (χ3n) is 4.77. The van der Waals surface area contributed by atoms with Crippen LogP contribution in [0.1, 0.15) is 47.5 Å². The highest BCUT2D eigenvalue weighted by Gasteiger charge is 2.37. The van der Waals surface area contributed by atoms with Gasteiger partial charge in [0.1, 0.15) is 0 Å². The zero-order valence-corrected chi connectivity index (χ0v) is 17.3. The maximum Gasteiger partial charge on any atom is 0.330 e. The molecule has 144 valence electrons. The fraction of sp³-hybridized carbons (Fsp3) is 0.417. The number of ether oxygens (including phenoxy) is 1. The van der Waals surface area contributed by atoms with Crippen molar-refractivity contribution in [1.29, 1.82) is 0 Å². The lowest BCUT2D eigenvalue weighted by atomic mass is 9.67. The van der Waals surface area contributed by atoms with Crippen LogP contribution in [-0.2, 0) is 14.3 Å². The molecule has 0 saturated heterocycles. The Hall–Kier alpha value is -2.60. The summed E-state index contributed by atoms with van der Waals surface area (Å²) in [5.41, 5.74) is 3.65. The van der Waals surface area contributed by atoms with E-state index in [4.69, 9.17) is 6.42 Å². The quantitative estimate of drug-likeness (QED) is 0.284. The summed E-state index contributed by atoms with van der Waals surface area (Å²) < 4.78 is 4.60. The zero-order valence-electron chi connectivity index (χ0n) is 17.3. The van der Waals surface area contributed by atoms with E-state index in [1.165, 1.54) is 13.2 Å². The molecule has 0 radical (unpaired) electrons. The molecule has 0 N–H and O–H groups in total. The summed E-state index contributed by atoms with van der Waals surface area (Å²) in [6.45, 7) is 10.0. The van der Waals surface area contributed by atoms with Gasteiger partial charge in [-0.1, -0.05) is 49.8 Å². The molecule has 0 amide bonds. The number of hydrogen-bond acceptors (Lipinski definition) is 3. The van der Waals surface area contributed by atoms with Crippen LogP contribution < -0.4 is 0 Å². The Kier molecular flexibility index (Phi) is 8.25. The normalized spacial score (nSPS) is 21.1. The highest BCUT2D eigenvalue weighted by atomic mass is 16.5. The molecule has 3 nitrogen and oxygen atoms in total. The molecule has 1 aliphatic rings. The van der Waals surface area contributed by atoms with E-state index in [1.54, 1.807) is 0 Å². The molecular weight excluding hydrogens is 336 g/mol. The molecule has 0 bridgehead atoms. The van der Waals surface area contributed by atoms with E-state index in [-0.39, 0.29) is 23.1 Å². The van der Waals surface area contributed by atoms with Crippen LogP contribution in [0.4, 0.5) is 0 Å². The number of esters is 1. The van der Waals surface area contributed by atoms with Crippen LogP contribution in [-0.4, -0.2) is 18.9 Å². The van der Waals surface area contributed by atoms with Crippen molar-refractivity contribution in [1.82, 2.24) is 0 Å². The van der Waals surface area contributed by atoms with E-state index < -0.39 is 0 Å². The third kappa shape index (κ3) is 6.57. The largest absolute Gasteiger partial charge is 0.466 e. The molecule has 0 aromatic rings. The molecule has 0 aliphatic heterocycles. The fourth-order valence-electron chi connectivity index (χ4n) is 3.34. The van der Waals surface area contributed by atoms with Crippen LogP contribution in [0, 0.1) is 23.7 Å². The van der Waals surface area contributed by atoms with Gasteiger partial charge in [-0.25, -0.2) is 4.79 Å². The Morgan fingerprint density at radius 1 is 1.30 bits per heavy atom. The second-order valence-corrected chi connectivity index (χ2v) is 7.61. The van der Waals surface area contributed by atoms with Gasteiger partial charge in [-0.05, 0) is 49.3 Å². The highest BCUT2D eigenvalue weighted by molar-refractivity contribution is 5.99. The topological polar surface area (TPSA) is 43.4 Å². The summed E-state index contributed by atoms with van der Waals surface area (Å²) in [6, 6.07) is 0. The van der Waals surface area contributed by atoms with Gasteiger partial charge in [-0.3, -0.25) is 4.79 Å². The predicted octanol–water partition coefficient (Wildman–Crippen LogP) is 5.12. The lowest BCUT2D eigenvalue weighted by Crippen LogP contribution is -2.32. The lowest BCUT2D eigenvalue weighted by Gasteiger charge is -2.36. The minimum atomic E-state index is -0.368. The van der Waals surface area contributed by atoms with Gasteiger partial charge >= 0.3 is 5.97 Å². The second kappa shape index (κ2) is 9.92. The Balaban J connectivity index is 2.97. The van der Waals surface area contributed by atoms with Gasteiger partial charge in [0.15, 0.2) is 5.78 Å². The third-order valence-corrected chi connectivity index (χ3v) is 4.77. The number of allylic oxidation sites excluding steroid dienone is 9. The number of rotatable bonds is 6. The SMILES string of the molecule is C#CC[C@H]1CC(C)(C)C(/C=C/C(C)=C/C=C/C(C)=C/C(=O)OC)=C(C)C1=O. The standard InChI is InChI=1S/C24H30O3/c1-8-10-20-16-24(5,6)21(19(4)23(20)26)14-13-17(2)11-9-12-18(3)15-22(25)27-7/h1,9,11-15,20H,10,16H2,2-7H3/b12-9+,14-13+,17-11+,18-15+/t20-/m0/s1. The molecular formula is C24H30O3. The van der Waals surface area contributed by atoms with Gasteiger partial charge in [0.2, 0.25) is 0 Å². The molecule has 1 aliphatic carbocycles. The van der Waals surface area contributed by atoms with Crippen molar-refractivity contribution in [2.24, 2.45) is 11.3 Å². The van der Waals surface area contributed by atoms with Gasteiger partial charge in [-0.15, -0.1) is 12.3 Å². The van der Waals surface area contributed by atoms with Crippen molar-refractivity contribution < 1.29 is 14.3 Å². The van der Waals surface area contributed by atoms with E-state index in [0.717, 1.165) is 28.7 Å². The number of hydrogen-bond donors (Lipinski definition) is 0. The Morgan fingerprint density at radius 2 is 1.96 bits per heavy atom. The first-order chi connectivity index (χ1) is 12.6. The Labute approximate surface area is 163 Å². The Bertz CT molecular complexity index is 777. The van der Waals surface area contributed by atoms with E-state index in [9.17, 15) is 9.59 Å². The maximum atomic E-state index is 12.6. The molecule has 1 atom stereocenters. The van der Waals surface area contributed by atoms with Crippen molar-refractivity contribution >= 4 is 11.8 Å². The average molecular weight is 367 g/mol. The molecule has 0 spiro atoms. The molecule has 27 heavy (non-hydrogen) atoms. The fourth-order valence-corrected chi connectivity index (χ4v) is 3.34. The number of Topliss-reactive ketones (excluding diaryl/α,β-unsaturated/α-hetero) is 1. The number of terminal acetylenes is 1. The molecule has 0 unspecified atom stereocenters. The number of carbonyl (C=O) groups is 2. The summed E-state index contributed by atoms with van der Waals surface area (Å²) in [6.07, 6.45) is 17.9. The number of methoxy groups -OCH3 is 1. The zero-order chi connectivity index (χ0) is 20.6. The van der Waals surface area contributed by atoms with Crippen LogP contribution in [0.3, 0.4) is 0 Å². The summed E-state index contributed by atoms with van der Waals surface area (Å²) >= 11 is 0. The van der Waals surface area contributed by atoms with Crippen molar-refractivity contribution in [2.75, 3.05) is 7.11 Å². The summed E-state index contributed by atoms with van der Waals surface area (Å²) in [5.74, 6) is 2.35. The van der Waals surface area contributed by atoms with Crippen LogP contribution in [0.5, 0.6) is 0 Å². The first-order valence-electron chi connectivity index (χ1n) is 9.10. The summed E-state index contributed by atoms with van der Waals surface area (Å²) in [7, 11) is 1.35. The predicted molar refractivity (Wildman–Crippen MR) is 111 cm³/mol. The Morgan fingerprint density at radius 3 is 2.56 bits per heavy atom. The molecule has 3 heteroatoms. The summed E-state index contributed by atoms with van der Waals surface area (Å²) in [5, 5.41) is 0. The monoisotopic (exact) mass is 366 g/mol. The molecule has 0 aromatic carbocycles. The van der Waals surface area contributed by atoms with E-state index in [2.05, 4.69) is 24.5 Å². The van der Waals surface area contributed by atoms with Gasteiger partial charge in [0.25, 0.3) is 0 Å². The van der Waals surface area contributed by atoms with Crippen LogP contribution in [0.15, 0.2) is 58.7 Å². The molecule has 0 aromatic heterocycles. The van der Waals surface area contributed by atoms with Gasteiger partial charge in [0, 0.05) is 18.4 Å². The van der Waals surface area contributed by atoms with Crippen molar-refractivity contribution in [3.63, 3.8) is 0 Å². The van der Waals surface area contributed by atoms with Crippen molar-refractivity contribution in [3.05, 3.63) is 58.7 Å².